The quantitative estimate of drug-likeness (QED) is 0.614. The van der Waals surface area contributed by atoms with Crippen LogP contribution in [0, 0.1) is 12.7 Å². The first-order valence-electron chi connectivity index (χ1n) is 10.2. The highest BCUT2D eigenvalue weighted by Gasteiger charge is 2.36. The van der Waals surface area contributed by atoms with Gasteiger partial charge in [0.2, 0.25) is 5.91 Å². The first-order chi connectivity index (χ1) is 15.3. The second kappa shape index (κ2) is 9.34. The van der Waals surface area contributed by atoms with E-state index in [2.05, 4.69) is 16.3 Å². The number of benzene rings is 2. The number of aryl methyl sites for hydroxylation is 1. The molecule has 2 aromatic carbocycles. The van der Waals surface area contributed by atoms with Crippen molar-refractivity contribution in [3.63, 3.8) is 0 Å². The van der Waals surface area contributed by atoms with Gasteiger partial charge in [0, 0.05) is 24.5 Å². The molecule has 0 spiro atoms. The van der Waals surface area contributed by atoms with Gasteiger partial charge in [-0.2, -0.15) is 0 Å². The van der Waals surface area contributed by atoms with Crippen LogP contribution in [0.25, 0.3) is 6.08 Å². The van der Waals surface area contributed by atoms with Gasteiger partial charge < -0.3 is 10.2 Å². The Kier molecular flexibility index (Phi) is 6.53. The third-order valence-electron chi connectivity index (χ3n) is 5.39. The normalized spacial score (nSPS) is 17.5. The van der Waals surface area contributed by atoms with Gasteiger partial charge in [-0.25, -0.2) is 4.39 Å². The highest BCUT2D eigenvalue weighted by molar-refractivity contribution is 8.18. The number of carbonyl (C=O) groups excluding carboxylic acids is 3. The van der Waals surface area contributed by atoms with Gasteiger partial charge in [-0.05, 0) is 79.1 Å². The number of nitrogens with zero attached hydrogens (tertiary/aromatic N) is 2. The smallest absolute Gasteiger partial charge is 0.294 e. The first-order valence-corrected chi connectivity index (χ1v) is 11.4. The fourth-order valence-electron chi connectivity index (χ4n) is 3.69. The molecule has 3 amide bonds. The Bertz CT molecular complexity index is 1130. The Morgan fingerprint density at radius 3 is 2.62 bits per heavy atom. The summed E-state index contributed by atoms with van der Waals surface area (Å²) in [4.78, 5) is 40.9. The maximum absolute atomic E-state index is 13.3. The molecule has 2 fully saturated rings. The summed E-state index contributed by atoms with van der Waals surface area (Å²) in [7, 11) is 0. The van der Waals surface area contributed by atoms with E-state index in [1.807, 2.05) is 19.1 Å². The molecule has 0 aromatic heterocycles. The van der Waals surface area contributed by atoms with Crippen molar-refractivity contribution in [1.29, 1.82) is 0 Å². The van der Waals surface area contributed by atoms with Gasteiger partial charge in [-0.1, -0.05) is 17.7 Å². The topological polar surface area (TPSA) is 69.7 Å². The zero-order valence-corrected chi connectivity index (χ0v) is 18.9. The van der Waals surface area contributed by atoms with Gasteiger partial charge in [-0.15, -0.1) is 0 Å². The average Bonchev–Trinajstić information content (AvgIpc) is 3.37. The largest absolute Gasteiger partial charge is 0.372 e. The van der Waals surface area contributed by atoms with Crippen LogP contribution in [0.5, 0.6) is 0 Å². The summed E-state index contributed by atoms with van der Waals surface area (Å²) < 4.78 is 13.3. The van der Waals surface area contributed by atoms with Crippen molar-refractivity contribution >= 4 is 57.9 Å². The number of rotatable bonds is 5. The monoisotopic (exact) mass is 473 g/mol. The molecular formula is C23H21ClFN3O3S. The van der Waals surface area contributed by atoms with Crippen molar-refractivity contribution < 1.29 is 18.8 Å². The highest BCUT2D eigenvalue weighted by Crippen LogP contribution is 2.33. The SMILES string of the molecule is Cc1cc(N2CCCC2)ccc1/C=C1/SC(=O)N(CC(=O)Nc2ccc(F)c(Cl)c2)C1=O. The molecule has 2 heterocycles. The lowest BCUT2D eigenvalue weighted by molar-refractivity contribution is -0.127. The molecule has 2 aliphatic rings. The maximum atomic E-state index is 13.3. The summed E-state index contributed by atoms with van der Waals surface area (Å²) in [6.45, 7) is 3.62. The molecular weight excluding hydrogens is 453 g/mol. The van der Waals surface area contributed by atoms with Crippen molar-refractivity contribution in [3.05, 3.63) is 63.3 Å². The lowest BCUT2D eigenvalue weighted by Gasteiger charge is -2.18. The van der Waals surface area contributed by atoms with E-state index in [9.17, 15) is 18.8 Å². The third kappa shape index (κ3) is 4.81. The molecule has 4 rings (SSSR count). The van der Waals surface area contributed by atoms with Crippen LogP contribution in [0.3, 0.4) is 0 Å². The highest BCUT2D eigenvalue weighted by atomic mass is 35.5. The Hall–Kier alpha value is -2.84. The van der Waals surface area contributed by atoms with Crippen molar-refractivity contribution in [2.24, 2.45) is 0 Å². The van der Waals surface area contributed by atoms with Crippen molar-refractivity contribution in [2.45, 2.75) is 19.8 Å². The Morgan fingerprint density at radius 2 is 1.94 bits per heavy atom. The second-order valence-electron chi connectivity index (χ2n) is 7.68. The van der Waals surface area contributed by atoms with Gasteiger partial charge in [-0.3, -0.25) is 19.3 Å². The van der Waals surface area contributed by atoms with Gasteiger partial charge in [0.25, 0.3) is 11.1 Å². The first kappa shape index (κ1) is 22.4. The van der Waals surface area contributed by atoms with Crippen molar-refractivity contribution in [2.75, 3.05) is 29.9 Å². The van der Waals surface area contributed by atoms with Crippen molar-refractivity contribution in [3.8, 4) is 0 Å². The fraction of sp³-hybridized carbons (Fsp3) is 0.261. The van der Waals surface area contributed by atoms with Gasteiger partial charge >= 0.3 is 0 Å². The molecule has 6 nitrogen and oxygen atoms in total. The minimum atomic E-state index is -0.607. The average molecular weight is 474 g/mol. The number of anilines is 2. The van der Waals surface area contributed by atoms with Crippen LogP contribution in [0.15, 0.2) is 41.3 Å². The maximum Gasteiger partial charge on any atom is 0.294 e. The van der Waals surface area contributed by atoms with Crippen LogP contribution in [0.2, 0.25) is 5.02 Å². The molecule has 9 heteroatoms. The minimum absolute atomic E-state index is 0.136. The Morgan fingerprint density at radius 1 is 1.19 bits per heavy atom. The summed E-state index contributed by atoms with van der Waals surface area (Å²) in [5.74, 6) is -1.71. The minimum Gasteiger partial charge on any atom is -0.372 e. The zero-order valence-electron chi connectivity index (χ0n) is 17.4. The molecule has 0 bridgehead atoms. The summed E-state index contributed by atoms with van der Waals surface area (Å²) in [5.41, 5.74) is 3.29. The molecule has 2 aliphatic heterocycles. The van der Waals surface area contributed by atoms with E-state index in [1.54, 1.807) is 6.08 Å². The summed E-state index contributed by atoms with van der Waals surface area (Å²) in [6.07, 6.45) is 4.07. The van der Waals surface area contributed by atoms with E-state index < -0.39 is 29.4 Å². The van der Waals surface area contributed by atoms with E-state index in [-0.39, 0.29) is 15.6 Å². The van der Waals surface area contributed by atoms with Crippen LogP contribution in [-0.2, 0) is 9.59 Å². The van der Waals surface area contributed by atoms with Crippen LogP contribution >= 0.6 is 23.4 Å². The molecule has 0 atom stereocenters. The van der Waals surface area contributed by atoms with E-state index in [4.69, 9.17) is 11.6 Å². The standard InChI is InChI=1S/C23H21ClFN3O3S/c1-14-10-17(27-8-2-3-9-27)6-4-15(14)11-20-22(30)28(23(31)32-20)13-21(29)26-16-5-7-19(25)18(24)12-16/h4-7,10-12H,2-3,8-9,13H2,1H3,(H,26,29)/b20-11+. The number of hydrogen-bond donors (Lipinski definition) is 1. The second-order valence-corrected chi connectivity index (χ2v) is 9.08. The van der Waals surface area contributed by atoms with Crippen LogP contribution < -0.4 is 10.2 Å². The number of halogens is 2. The van der Waals surface area contributed by atoms with Crippen LogP contribution in [0.1, 0.15) is 24.0 Å². The number of carbonyl (C=O) groups is 3. The molecule has 166 valence electrons. The molecule has 0 unspecified atom stereocenters. The van der Waals surface area contributed by atoms with E-state index in [0.717, 1.165) is 52.6 Å². The summed E-state index contributed by atoms with van der Waals surface area (Å²) in [5, 5.41) is 1.86. The predicted molar refractivity (Wildman–Crippen MR) is 125 cm³/mol. The van der Waals surface area contributed by atoms with Gasteiger partial charge in [0.05, 0.1) is 9.93 Å². The third-order valence-corrected chi connectivity index (χ3v) is 6.59. The van der Waals surface area contributed by atoms with Gasteiger partial charge in [0.1, 0.15) is 12.4 Å². The molecule has 0 aliphatic carbocycles. The fourth-order valence-corrected chi connectivity index (χ4v) is 4.70. The Balaban J connectivity index is 1.44. The molecule has 2 aromatic rings. The number of nitrogens with one attached hydrogen (secondary N) is 1. The number of hydrogen-bond acceptors (Lipinski definition) is 5. The number of imide groups is 1. The zero-order chi connectivity index (χ0) is 22.8. The number of amides is 3. The molecule has 0 saturated carbocycles. The van der Waals surface area contributed by atoms with Crippen LogP contribution in [-0.4, -0.2) is 41.6 Å². The van der Waals surface area contributed by atoms with E-state index >= 15 is 0 Å². The molecule has 0 radical (unpaired) electrons. The Labute approximate surface area is 194 Å². The predicted octanol–water partition coefficient (Wildman–Crippen LogP) is 5.06. The number of thioether (sulfide) groups is 1. The van der Waals surface area contributed by atoms with E-state index in [1.165, 1.54) is 25.0 Å². The van der Waals surface area contributed by atoms with Crippen molar-refractivity contribution in [1.82, 2.24) is 4.90 Å². The lowest BCUT2D eigenvalue weighted by Crippen LogP contribution is -2.36. The van der Waals surface area contributed by atoms with Crippen LogP contribution in [0.4, 0.5) is 20.6 Å². The van der Waals surface area contributed by atoms with Gasteiger partial charge in [0.15, 0.2) is 0 Å². The molecule has 1 N–H and O–H groups in total. The van der Waals surface area contributed by atoms with E-state index in [0.29, 0.717) is 0 Å². The summed E-state index contributed by atoms with van der Waals surface area (Å²) in [6, 6.07) is 9.79. The lowest BCUT2D eigenvalue weighted by atomic mass is 10.1. The summed E-state index contributed by atoms with van der Waals surface area (Å²) >= 11 is 6.52. The molecule has 32 heavy (non-hydrogen) atoms. The molecule has 2 saturated heterocycles.